The summed E-state index contributed by atoms with van der Waals surface area (Å²) in [5.41, 5.74) is 1.37. The Morgan fingerprint density at radius 2 is 2.12 bits per heavy atom. The molecular weight excluding hydrogens is 328 g/mol. The van der Waals surface area contributed by atoms with Crippen LogP contribution in [0.2, 0.25) is 0 Å². The summed E-state index contributed by atoms with van der Waals surface area (Å²) in [4.78, 5) is 16.4. The summed E-state index contributed by atoms with van der Waals surface area (Å²) >= 11 is 0. The number of anilines is 1. The minimum Gasteiger partial charge on any atom is -0.396 e. The van der Waals surface area contributed by atoms with Crippen molar-refractivity contribution in [1.29, 1.82) is 0 Å². The van der Waals surface area contributed by atoms with Crippen LogP contribution in [0.5, 0.6) is 0 Å². The zero-order valence-corrected chi connectivity index (χ0v) is 15.7. The van der Waals surface area contributed by atoms with E-state index in [2.05, 4.69) is 33.8 Å². The van der Waals surface area contributed by atoms with Crippen LogP contribution in [0.1, 0.15) is 38.7 Å². The lowest BCUT2D eigenvalue weighted by Crippen LogP contribution is -2.40. The van der Waals surface area contributed by atoms with Crippen LogP contribution in [0, 0.1) is 18.3 Å². The summed E-state index contributed by atoms with van der Waals surface area (Å²) in [7, 11) is 0. The molecule has 0 aliphatic carbocycles. The molecule has 26 heavy (non-hydrogen) atoms. The van der Waals surface area contributed by atoms with Crippen LogP contribution in [0.25, 0.3) is 0 Å². The van der Waals surface area contributed by atoms with Gasteiger partial charge in [0.15, 0.2) is 5.96 Å². The summed E-state index contributed by atoms with van der Waals surface area (Å²) in [5.74, 6) is 3.31. The van der Waals surface area contributed by atoms with E-state index < -0.39 is 0 Å². The zero-order valence-electron chi connectivity index (χ0n) is 15.7. The topological polar surface area (TPSA) is 85.8 Å². The summed E-state index contributed by atoms with van der Waals surface area (Å²) in [6.07, 6.45) is 8.23. The highest BCUT2D eigenvalue weighted by molar-refractivity contribution is 5.94. The quantitative estimate of drug-likeness (QED) is 0.293. The van der Waals surface area contributed by atoms with Crippen LogP contribution in [0.3, 0.4) is 0 Å². The number of guanidine groups is 1. The molecule has 0 heterocycles. The minimum absolute atomic E-state index is 0.00800. The second-order valence-electron chi connectivity index (χ2n) is 6.02. The SMILES string of the molecule is C#Cc1cccc(NC(=O)CN=C(NCC)NCC(CCC)CCO)c1. The van der Waals surface area contributed by atoms with Crippen LogP contribution in [-0.2, 0) is 4.79 Å². The molecule has 1 amide bonds. The highest BCUT2D eigenvalue weighted by atomic mass is 16.3. The van der Waals surface area contributed by atoms with Gasteiger partial charge in [0, 0.05) is 30.9 Å². The second-order valence-corrected chi connectivity index (χ2v) is 6.02. The Hall–Kier alpha value is -2.52. The van der Waals surface area contributed by atoms with Gasteiger partial charge in [0.1, 0.15) is 6.54 Å². The van der Waals surface area contributed by atoms with Crippen LogP contribution < -0.4 is 16.0 Å². The van der Waals surface area contributed by atoms with Crippen LogP contribution in [0.4, 0.5) is 5.69 Å². The number of hydrogen-bond acceptors (Lipinski definition) is 3. The van der Waals surface area contributed by atoms with E-state index in [0.29, 0.717) is 36.2 Å². The van der Waals surface area contributed by atoms with E-state index in [9.17, 15) is 4.79 Å². The van der Waals surface area contributed by atoms with Gasteiger partial charge in [-0.1, -0.05) is 25.3 Å². The van der Waals surface area contributed by atoms with Gasteiger partial charge in [-0.3, -0.25) is 4.79 Å². The van der Waals surface area contributed by atoms with Gasteiger partial charge in [-0.15, -0.1) is 6.42 Å². The predicted octanol–water partition coefficient (Wildman–Crippen LogP) is 1.96. The number of nitrogens with zero attached hydrogens (tertiary/aromatic N) is 1. The van der Waals surface area contributed by atoms with E-state index in [0.717, 1.165) is 19.3 Å². The lowest BCUT2D eigenvalue weighted by Gasteiger charge is -2.18. The van der Waals surface area contributed by atoms with E-state index in [1.807, 2.05) is 6.92 Å². The number of nitrogens with one attached hydrogen (secondary N) is 3. The van der Waals surface area contributed by atoms with Gasteiger partial charge in [0.25, 0.3) is 0 Å². The van der Waals surface area contributed by atoms with E-state index >= 15 is 0 Å². The minimum atomic E-state index is -0.211. The van der Waals surface area contributed by atoms with Gasteiger partial charge in [-0.05, 0) is 43.9 Å². The van der Waals surface area contributed by atoms with Crippen molar-refractivity contribution >= 4 is 17.6 Å². The molecule has 1 rings (SSSR count). The first-order chi connectivity index (χ1) is 12.6. The number of aliphatic hydroxyl groups is 1. The lowest BCUT2D eigenvalue weighted by molar-refractivity contribution is -0.114. The van der Waals surface area contributed by atoms with Gasteiger partial charge >= 0.3 is 0 Å². The fourth-order valence-electron chi connectivity index (χ4n) is 2.56. The van der Waals surface area contributed by atoms with Crippen molar-refractivity contribution in [2.24, 2.45) is 10.9 Å². The van der Waals surface area contributed by atoms with Gasteiger partial charge in [-0.2, -0.15) is 0 Å². The molecule has 6 heteroatoms. The smallest absolute Gasteiger partial charge is 0.246 e. The van der Waals surface area contributed by atoms with Crippen molar-refractivity contribution in [3.8, 4) is 12.3 Å². The first-order valence-corrected chi connectivity index (χ1v) is 9.12. The molecule has 4 N–H and O–H groups in total. The third kappa shape index (κ3) is 8.54. The summed E-state index contributed by atoms with van der Waals surface area (Å²) in [6, 6.07) is 7.14. The molecule has 0 aliphatic heterocycles. The maximum absolute atomic E-state index is 12.1. The Labute approximate surface area is 156 Å². The normalized spacial score (nSPS) is 12.2. The van der Waals surface area contributed by atoms with Crippen molar-refractivity contribution in [1.82, 2.24) is 10.6 Å². The van der Waals surface area contributed by atoms with Crippen molar-refractivity contribution in [2.45, 2.75) is 33.1 Å². The van der Waals surface area contributed by atoms with Crippen LogP contribution in [0.15, 0.2) is 29.3 Å². The maximum atomic E-state index is 12.1. The number of benzene rings is 1. The van der Waals surface area contributed by atoms with E-state index in [1.54, 1.807) is 24.3 Å². The Kier molecular flexibility index (Phi) is 10.6. The number of terminal acetylenes is 1. The standard InChI is InChI=1S/C20H30N4O2/c1-4-8-17(11-12-25)14-22-20(21-6-3)23-15-19(26)24-18-10-7-9-16(5-2)13-18/h2,7,9-10,13,17,25H,4,6,8,11-12,14-15H2,1,3H3,(H,24,26)(H2,21,22,23). The third-order valence-corrected chi connectivity index (χ3v) is 3.83. The Balaban J connectivity index is 2.58. The molecular formula is C20H30N4O2. The van der Waals surface area contributed by atoms with Crippen molar-refractivity contribution in [3.63, 3.8) is 0 Å². The number of carbonyl (C=O) groups excluding carboxylic acids is 1. The zero-order chi connectivity index (χ0) is 19.2. The molecule has 1 aromatic carbocycles. The molecule has 0 radical (unpaired) electrons. The fraction of sp³-hybridized carbons (Fsp3) is 0.500. The van der Waals surface area contributed by atoms with E-state index in [-0.39, 0.29) is 19.1 Å². The number of amides is 1. The number of rotatable bonds is 10. The number of aliphatic imine (C=N–C) groups is 1. The summed E-state index contributed by atoms with van der Waals surface area (Å²) in [5, 5.41) is 18.3. The highest BCUT2D eigenvalue weighted by Gasteiger charge is 2.09. The first-order valence-electron chi connectivity index (χ1n) is 9.12. The summed E-state index contributed by atoms with van der Waals surface area (Å²) in [6.45, 7) is 5.71. The molecule has 0 saturated heterocycles. The maximum Gasteiger partial charge on any atom is 0.246 e. The van der Waals surface area contributed by atoms with Gasteiger partial charge in [0.05, 0.1) is 0 Å². The monoisotopic (exact) mass is 358 g/mol. The number of carbonyl (C=O) groups is 1. The number of aliphatic hydroxyl groups excluding tert-OH is 1. The van der Waals surface area contributed by atoms with E-state index in [4.69, 9.17) is 11.5 Å². The van der Waals surface area contributed by atoms with Crippen molar-refractivity contribution < 1.29 is 9.90 Å². The molecule has 0 spiro atoms. The summed E-state index contributed by atoms with van der Waals surface area (Å²) < 4.78 is 0. The van der Waals surface area contributed by atoms with Gasteiger partial charge < -0.3 is 21.1 Å². The second kappa shape index (κ2) is 12.8. The predicted molar refractivity (Wildman–Crippen MR) is 107 cm³/mol. The average Bonchev–Trinajstić information content (AvgIpc) is 2.64. The first kappa shape index (κ1) is 21.5. The van der Waals surface area contributed by atoms with Gasteiger partial charge in [0.2, 0.25) is 5.91 Å². The molecule has 0 bridgehead atoms. The van der Waals surface area contributed by atoms with Gasteiger partial charge in [-0.25, -0.2) is 4.99 Å². The highest BCUT2D eigenvalue weighted by Crippen LogP contribution is 2.10. The van der Waals surface area contributed by atoms with Crippen LogP contribution in [-0.4, -0.2) is 43.2 Å². The molecule has 0 saturated carbocycles. The third-order valence-electron chi connectivity index (χ3n) is 3.83. The van der Waals surface area contributed by atoms with E-state index in [1.165, 1.54) is 0 Å². The molecule has 1 unspecified atom stereocenters. The molecule has 142 valence electrons. The number of hydrogen-bond donors (Lipinski definition) is 4. The average molecular weight is 358 g/mol. The van der Waals surface area contributed by atoms with Crippen LogP contribution >= 0.6 is 0 Å². The molecule has 1 atom stereocenters. The molecule has 6 nitrogen and oxygen atoms in total. The Bertz CT molecular complexity index is 616. The lowest BCUT2D eigenvalue weighted by atomic mass is 10.0. The largest absolute Gasteiger partial charge is 0.396 e. The van der Waals surface area contributed by atoms with Crippen molar-refractivity contribution in [2.75, 3.05) is 31.6 Å². The van der Waals surface area contributed by atoms with Crippen molar-refractivity contribution in [3.05, 3.63) is 29.8 Å². The molecule has 0 aromatic heterocycles. The Morgan fingerprint density at radius 3 is 2.77 bits per heavy atom. The Morgan fingerprint density at radius 1 is 1.31 bits per heavy atom. The fourth-order valence-corrected chi connectivity index (χ4v) is 2.56. The molecule has 0 fully saturated rings. The molecule has 0 aliphatic rings. The molecule has 1 aromatic rings.